The number of rotatable bonds is 10. The Bertz CT molecular complexity index is 1360. The number of halogens is 1. The van der Waals surface area contributed by atoms with Gasteiger partial charge in [-0.25, -0.2) is 13.2 Å². The van der Waals surface area contributed by atoms with Crippen molar-refractivity contribution in [1.29, 1.82) is 0 Å². The van der Waals surface area contributed by atoms with Gasteiger partial charge in [-0.05, 0) is 72.6 Å². The fourth-order valence-electron chi connectivity index (χ4n) is 3.34. The molecule has 0 aliphatic rings. The summed E-state index contributed by atoms with van der Waals surface area (Å²) in [5.74, 6) is -2.06. The molecular weight excluding hydrogens is 520 g/mol. The lowest BCUT2D eigenvalue weighted by atomic mass is 10.1. The Morgan fingerprint density at radius 2 is 1.46 bits per heavy atom. The summed E-state index contributed by atoms with van der Waals surface area (Å²) in [6.45, 7) is 1.56. The van der Waals surface area contributed by atoms with Gasteiger partial charge in [0, 0.05) is 28.4 Å². The second-order valence-corrected chi connectivity index (χ2v) is 10.5. The standard InChI is InChI=1S/C26H25ClN2O7S/c1-2-17-3-9-21(10-4-17)29-26(33)36-16-15-23(25(31)32)37(34,35)22-13-5-18(6-14-22)24(30)28-20-11-7-19(27)8-12-20/h3-14,23H,2,15-16H2,1H3,(H,28,30)(H,29,33)(H,31,32). The van der Waals surface area contributed by atoms with Gasteiger partial charge in [0.1, 0.15) is 0 Å². The summed E-state index contributed by atoms with van der Waals surface area (Å²) < 4.78 is 30.9. The molecule has 0 heterocycles. The van der Waals surface area contributed by atoms with E-state index < -0.39 is 46.1 Å². The van der Waals surface area contributed by atoms with Crippen LogP contribution in [0.5, 0.6) is 0 Å². The average molecular weight is 545 g/mol. The van der Waals surface area contributed by atoms with Crippen LogP contribution in [0.25, 0.3) is 0 Å². The maximum atomic E-state index is 13.0. The topological polar surface area (TPSA) is 139 Å². The van der Waals surface area contributed by atoms with Crippen molar-refractivity contribution in [3.63, 3.8) is 0 Å². The number of carboxylic acid groups (broad SMARTS) is 1. The van der Waals surface area contributed by atoms with Gasteiger partial charge < -0.3 is 15.2 Å². The van der Waals surface area contributed by atoms with Gasteiger partial charge in [-0.3, -0.25) is 14.9 Å². The molecule has 0 saturated carbocycles. The number of carbonyl (C=O) groups is 3. The van der Waals surface area contributed by atoms with E-state index in [1.54, 1.807) is 36.4 Å². The molecule has 0 aliphatic heterocycles. The van der Waals surface area contributed by atoms with Crippen LogP contribution >= 0.6 is 11.6 Å². The third kappa shape index (κ3) is 7.55. The van der Waals surface area contributed by atoms with Crippen molar-refractivity contribution >= 4 is 50.8 Å². The average Bonchev–Trinajstić information content (AvgIpc) is 2.88. The molecule has 3 aromatic carbocycles. The molecule has 1 unspecified atom stereocenters. The van der Waals surface area contributed by atoms with E-state index in [2.05, 4.69) is 10.6 Å². The summed E-state index contributed by atoms with van der Waals surface area (Å²) in [7, 11) is -4.33. The molecule has 11 heteroatoms. The third-order valence-corrected chi connectivity index (χ3v) is 7.79. The van der Waals surface area contributed by atoms with Crippen molar-refractivity contribution in [2.24, 2.45) is 0 Å². The molecule has 194 valence electrons. The largest absolute Gasteiger partial charge is 0.480 e. The van der Waals surface area contributed by atoms with Crippen molar-refractivity contribution in [2.45, 2.75) is 29.9 Å². The number of aliphatic carboxylic acids is 1. The number of carboxylic acids is 1. The summed E-state index contributed by atoms with van der Waals surface area (Å²) in [4.78, 5) is 35.9. The molecule has 3 rings (SSSR count). The number of amides is 2. The number of benzene rings is 3. The highest BCUT2D eigenvalue weighted by molar-refractivity contribution is 7.92. The quantitative estimate of drug-likeness (QED) is 0.325. The van der Waals surface area contributed by atoms with Crippen LogP contribution in [-0.4, -0.2) is 43.4 Å². The van der Waals surface area contributed by atoms with E-state index in [-0.39, 0.29) is 10.5 Å². The monoisotopic (exact) mass is 544 g/mol. The number of sulfone groups is 1. The maximum Gasteiger partial charge on any atom is 0.411 e. The van der Waals surface area contributed by atoms with Crippen molar-refractivity contribution in [3.8, 4) is 0 Å². The summed E-state index contributed by atoms with van der Waals surface area (Å²) >= 11 is 5.82. The first-order valence-electron chi connectivity index (χ1n) is 11.3. The maximum absolute atomic E-state index is 13.0. The Kier molecular flexibility index (Phi) is 9.26. The van der Waals surface area contributed by atoms with Crippen LogP contribution in [0.15, 0.2) is 77.7 Å². The Morgan fingerprint density at radius 1 is 0.892 bits per heavy atom. The molecule has 0 radical (unpaired) electrons. The third-order valence-electron chi connectivity index (χ3n) is 5.42. The van der Waals surface area contributed by atoms with E-state index in [9.17, 15) is 27.9 Å². The molecule has 0 spiro atoms. The van der Waals surface area contributed by atoms with Gasteiger partial charge in [-0.1, -0.05) is 30.7 Å². The minimum absolute atomic E-state index is 0.174. The Morgan fingerprint density at radius 3 is 2.03 bits per heavy atom. The number of anilines is 2. The fraction of sp³-hybridized carbons (Fsp3) is 0.192. The number of aryl methyl sites for hydroxylation is 1. The Hall–Kier alpha value is -3.89. The number of ether oxygens (including phenoxy) is 1. The zero-order valence-corrected chi connectivity index (χ0v) is 21.4. The van der Waals surface area contributed by atoms with Crippen LogP contribution in [0.2, 0.25) is 5.02 Å². The van der Waals surface area contributed by atoms with Crippen LogP contribution in [-0.2, 0) is 25.8 Å². The number of hydrogen-bond acceptors (Lipinski definition) is 6. The van der Waals surface area contributed by atoms with Crippen molar-refractivity contribution in [2.75, 3.05) is 17.2 Å². The lowest BCUT2D eigenvalue weighted by Crippen LogP contribution is -2.32. The highest BCUT2D eigenvalue weighted by Crippen LogP contribution is 2.21. The van der Waals surface area contributed by atoms with Gasteiger partial charge in [0.2, 0.25) is 0 Å². The summed E-state index contributed by atoms with van der Waals surface area (Å²) in [6, 6.07) is 18.4. The highest BCUT2D eigenvalue weighted by Gasteiger charge is 2.34. The molecule has 0 bridgehead atoms. The normalized spacial score (nSPS) is 11.8. The van der Waals surface area contributed by atoms with E-state index in [1.165, 1.54) is 12.1 Å². The van der Waals surface area contributed by atoms with Crippen LogP contribution in [0, 0.1) is 0 Å². The van der Waals surface area contributed by atoms with Crippen molar-refractivity contribution in [1.82, 2.24) is 0 Å². The summed E-state index contributed by atoms with van der Waals surface area (Å²) in [5.41, 5.74) is 2.25. The van der Waals surface area contributed by atoms with E-state index in [4.69, 9.17) is 16.3 Å². The van der Waals surface area contributed by atoms with E-state index >= 15 is 0 Å². The zero-order chi connectivity index (χ0) is 27.0. The molecular formula is C26H25ClN2O7S. The molecule has 1 atom stereocenters. The van der Waals surface area contributed by atoms with E-state index in [0.29, 0.717) is 16.4 Å². The number of nitrogens with one attached hydrogen (secondary N) is 2. The summed E-state index contributed by atoms with van der Waals surface area (Å²) in [5, 5.41) is 13.3. The van der Waals surface area contributed by atoms with E-state index in [0.717, 1.165) is 24.1 Å². The number of carbonyl (C=O) groups excluding carboxylic acids is 2. The lowest BCUT2D eigenvalue weighted by molar-refractivity contribution is -0.136. The zero-order valence-electron chi connectivity index (χ0n) is 19.8. The molecule has 37 heavy (non-hydrogen) atoms. The van der Waals surface area contributed by atoms with Gasteiger partial charge in [0.25, 0.3) is 5.91 Å². The fourth-order valence-corrected chi connectivity index (χ4v) is 4.99. The minimum Gasteiger partial charge on any atom is -0.480 e. The molecule has 3 N–H and O–H groups in total. The molecule has 0 aromatic heterocycles. The molecule has 9 nitrogen and oxygen atoms in total. The van der Waals surface area contributed by atoms with E-state index in [1.807, 2.05) is 19.1 Å². The number of hydrogen-bond donors (Lipinski definition) is 3. The first kappa shape index (κ1) is 27.7. The smallest absolute Gasteiger partial charge is 0.411 e. The van der Waals surface area contributed by atoms with Gasteiger partial charge in [-0.2, -0.15) is 0 Å². The van der Waals surface area contributed by atoms with Crippen LogP contribution in [0.4, 0.5) is 16.2 Å². The van der Waals surface area contributed by atoms with Crippen molar-refractivity contribution in [3.05, 3.63) is 88.9 Å². The highest BCUT2D eigenvalue weighted by atomic mass is 35.5. The second kappa shape index (κ2) is 12.4. The lowest BCUT2D eigenvalue weighted by Gasteiger charge is -2.14. The van der Waals surface area contributed by atoms with Crippen LogP contribution < -0.4 is 10.6 Å². The van der Waals surface area contributed by atoms with Crippen LogP contribution in [0.1, 0.15) is 29.3 Å². The molecule has 0 aliphatic carbocycles. The second-order valence-electron chi connectivity index (χ2n) is 7.96. The Balaban J connectivity index is 1.60. The molecule has 2 amide bonds. The molecule has 0 fully saturated rings. The first-order chi connectivity index (χ1) is 17.6. The van der Waals surface area contributed by atoms with Gasteiger partial charge in [0.15, 0.2) is 15.1 Å². The van der Waals surface area contributed by atoms with Crippen molar-refractivity contribution < 1.29 is 32.6 Å². The molecule has 0 saturated heterocycles. The minimum atomic E-state index is -4.33. The Labute approximate surface area is 219 Å². The van der Waals surface area contributed by atoms with Crippen LogP contribution in [0.3, 0.4) is 0 Å². The van der Waals surface area contributed by atoms with Gasteiger partial charge in [-0.15, -0.1) is 0 Å². The predicted molar refractivity (Wildman–Crippen MR) is 140 cm³/mol. The summed E-state index contributed by atoms with van der Waals surface area (Å²) in [6.07, 6.45) is -0.449. The first-order valence-corrected chi connectivity index (χ1v) is 13.2. The molecule has 3 aromatic rings. The van der Waals surface area contributed by atoms with Gasteiger partial charge >= 0.3 is 12.1 Å². The van der Waals surface area contributed by atoms with Gasteiger partial charge in [0.05, 0.1) is 11.5 Å². The predicted octanol–water partition coefficient (Wildman–Crippen LogP) is 5.02. The SMILES string of the molecule is CCc1ccc(NC(=O)OCCC(C(=O)O)S(=O)(=O)c2ccc(C(=O)Nc3ccc(Cl)cc3)cc2)cc1.